The Labute approximate surface area is 118 Å². The molecule has 0 amide bonds. The third kappa shape index (κ3) is 5.10. The molecule has 19 heavy (non-hydrogen) atoms. The highest BCUT2D eigenvalue weighted by Crippen LogP contribution is 2.39. The van der Waals surface area contributed by atoms with Crippen LogP contribution in [0, 0.1) is 0 Å². The maximum Gasteiger partial charge on any atom is 0.446 e. The largest absolute Gasteiger partial charge is 0.446 e. The lowest BCUT2D eigenvalue weighted by Gasteiger charge is -2.11. The first kappa shape index (κ1) is 16.4. The summed E-state index contributed by atoms with van der Waals surface area (Å²) >= 11 is 2.50. The van der Waals surface area contributed by atoms with E-state index in [9.17, 15) is 26.7 Å². The van der Waals surface area contributed by atoms with E-state index in [4.69, 9.17) is 0 Å². The first-order chi connectivity index (χ1) is 8.74. The number of rotatable bonds is 5. The molecule has 0 aliphatic heterocycles. The third-order valence-electron chi connectivity index (χ3n) is 2.10. The van der Waals surface area contributed by atoms with Gasteiger partial charge in [0.25, 0.3) is 6.43 Å². The van der Waals surface area contributed by atoms with E-state index in [1.807, 2.05) is 0 Å². The van der Waals surface area contributed by atoms with E-state index in [1.165, 1.54) is 0 Å². The highest BCUT2D eigenvalue weighted by Gasteiger charge is 2.31. The zero-order valence-electron chi connectivity index (χ0n) is 9.31. The molecule has 1 rings (SSSR count). The second-order valence-electron chi connectivity index (χ2n) is 3.47. The summed E-state index contributed by atoms with van der Waals surface area (Å²) in [6.45, 7) is 0. The van der Waals surface area contributed by atoms with E-state index in [2.05, 4.69) is 15.9 Å². The fraction of sp³-hybridized carbons (Fsp3) is 0.364. The predicted octanol–water partition coefficient (Wildman–Crippen LogP) is 5.20. The number of alkyl halides is 6. The van der Waals surface area contributed by atoms with Crippen molar-refractivity contribution in [3.8, 4) is 0 Å². The summed E-state index contributed by atoms with van der Waals surface area (Å²) < 4.78 is 62.0. The molecule has 1 aromatic rings. The van der Waals surface area contributed by atoms with Crippen molar-refractivity contribution in [3.05, 3.63) is 29.3 Å². The SMILES string of the molecule is O=C(CCBr)c1cc(C(F)F)ccc1SC(F)(F)F. The average Bonchev–Trinajstić information content (AvgIpc) is 2.27. The van der Waals surface area contributed by atoms with Gasteiger partial charge in [-0.3, -0.25) is 4.79 Å². The fourth-order valence-corrected chi connectivity index (χ4v) is 2.36. The van der Waals surface area contributed by atoms with Crippen molar-refractivity contribution < 1.29 is 26.7 Å². The number of hydrogen-bond donors (Lipinski definition) is 0. The van der Waals surface area contributed by atoms with E-state index in [-0.39, 0.29) is 22.2 Å². The zero-order chi connectivity index (χ0) is 14.6. The van der Waals surface area contributed by atoms with Crippen LogP contribution >= 0.6 is 27.7 Å². The van der Waals surface area contributed by atoms with Crippen molar-refractivity contribution in [3.63, 3.8) is 0 Å². The van der Waals surface area contributed by atoms with Gasteiger partial charge in [-0.2, -0.15) is 13.2 Å². The number of ketones is 1. The topological polar surface area (TPSA) is 17.1 Å². The minimum atomic E-state index is -4.57. The second-order valence-corrected chi connectivity index (χ2v) is 5.37. The van der Waals surface area contributed by atoms with Gasteiger partial charge in [-0.05, 0) is 23.9 Å². The van der Waals surface area contributed by atoms with Gasteiger partial charge in [0.15, 0.2) is 5.78 Å². The van der Waals surface area contributed by atoms with Crippen LogP contribution in [0.15, 0.2) is 23.1 Å². The number of Topliss-reactive ketones (excluding diaryl/α,β-unsaturated/α-hetero) is 1. The zero-order valence-corrected chi connectivity index (χ0v) is 11.7. The molecule has 0 aromatic heterocycles. The summed E-state index contributed by atoms with van der Waals surface area (Å²) in [6.07, 6.45) is -2.89. The van der Waals surface area contributed by atoms with E-state index >= 15 is 0 Å². The van der Waals surface area contributed by atoms with Crippen LogP contribution in [-0.4, -0.2) is 16.6 Å². The second kappa shape index (κ2) is 6.69. The molecule has 0 spiro atoms. The summed E-state index contributed by atoms with van der Waals surface area (Å²) in [5, 5.41) is 0.251. The predicted molar refractivity (Wildman–Crippen MR) is 66.1 cm³/mol. The van der Waals surface area contributed by atoms with Crippen molar-refractivity contribution in [2.75, 3.05) is 5.33 Å². The Morgan fingerprint density at radius 1 is 1.32 bits per heavy atom. The molecule has 0 fully saturated rings. The molecule has 0 aliphatic carbocycles. The van der Waals surface area contributed by atoms with Crippen LogP contribution in [-0.2, 0) is 0 Å². The lowest BCUT2D eigenvalue weighted by atomic mass is 10.1. The number of thioether (sulfide) groups is 1. The Balaban J connectivity index is 3.18. The Morgan fingerprint density at radius 2 is 1.95 bits per heavy atom. The Bertz CT molecular complexity index is 461. The molecule has 0 N–H and O–H groups in total. The standard InChI is InChI=1S/C11H8BrF5OS/c12-4-3-8(18)7-5-6(10(13)14)1-2-9(7)19-11(15,16)17/h1-2,5,10H,3-4H2. The molecule has 0 saturated carbocycles. The van der Waals surface area contributed by atoms with Gasteiger partial charge in [0, 0.05) is 27.8 Å². The highest BCUT2D eigenvalue weighted by molar-refractivity contribution is 9.09. The molecule has 8 heteroatoms. The summed E-state index contributed by atoms with van der Waals surface area (Å²) in [7, 11) is 0. The normalized spacial score (nSPS) is 11.9. The minimum absolute atomic E-state index is 0.0574. The van der Waals surface area contributed by atoms with Gasteiger partial charge in [-0.1, -0.05) is 22.0 Å². The van der Waals surface area contributed by atoms with Crippen LogP contribution in [0.1, 0.15) is 28.8 Å². The lowest BCUT2D eigenvalue weighted by molar-refractivity contribution is -0.0328. The number of halogens is 6. The van der Waals surface area contributed by atoms with Gasteiger partial charge >= 0.3 is 5.51 Å². The van der Waals surface area contributed by atoms with Crippen molar-refractivity contribution >= 4 is 33.5 Å². The highest BCUT2D eigenvalue weighted by atomic mass is 79.9. The quantitative estimate of drug-likeness (QED) is 0.309. The maximum atomic E-state index is 12.5. The Morgan fingerprint density at radius 3 is 2.42 bits per heavy atom. The smallest absolute Gasteiger partial charge is 0.294 e. The summed E-state index contributed by atoms with van der Waals surface area (Å²) in [6, 6.07) is 2.62. The third-order valence-corrected chi connectivity index (χ3v) is 3.31. The van der Waals surface area contributed by atoms with Gasteiger partial charge in [0.05, 0.1) is 0 Å². The fourth-order valence-electron chi connectivity index (χ4n) is 1.34. The van der Waals surface area contributed by atoms with E-state index in [1.54, 1.807) is 0 Å². The van der Waals surface area contributed by atoms with Gasteiger partial charge in [-0.25, -0.2) is 8.78 Å². The monoisotopic (exact) mass is 362 g/mol. The molecule has 0 radical (unpaired) electrons. The molecule has 0 saturated heterocycles. The molecule has 1 nitrogen and oxygen atoms in total. The molecule has 0 unspecified atom stereocenters. The van der Waals surface area contributed by atoms with Crippen LogP contribution in [0.5, 0.6) is 0 Å². The number of carbonyl (C=O) groups is 1. The first-order valence-corrected chi connectivity index (χ1v) is 6.95. The molecule has 0 heterocycles. The molecule has 1 aromatic carbocycles. The maximum absolute atomic E-state index is 12.5. The van der Waals surface area contributed by atoms with Crippen molar-refractivity contribution in [2.45, 2.75) is 23.3 Å². The molecule has 0 aliphatic rings. The Kier molecular flexibility index (Phi) is 5.79. The van der Waals surface area contributed by atoms with Gasteiger partial charge in [0.1, 0.15) is 0 Å². The molecule has 0 atom stereocenters. The minimum Gasteiger partial charge on any atom is -0.294 e. The van der Waals surface area contributed by atoms with Crippen molar-refractivity contribution in [1.29, 1.82) is 0 Å². The first-order valence-electron chi connectivity index (χ1n) is 5.01. The van der Waals surface area contributed by atoms with Crippen LogP contribution in [0.4, 0.5) is 22.0 Å². The molecule has 0 bridgehead atoms. The van der Waals surface area contributed by atoms with Crippen LogP contribution in [0.3, 0.4) is 0 Å². The number of carbonyl (C=O) groups excluding carboxylic acids is 1. The van der Waals surface area contributed by atoms with E-state index in [0.29, 0.717) is 0 Å². The van der Waals surface area contributed by atoms with Crippen molar-refractivity contribution in [2.24, 2.45) is 0 Å². The Hall–Kier alpha value is -0.630. The average molecular weight is 363 g/mol. The summed E-state index contributed by atoms with van der Waals surface area (Å²) in [5.41, 5.74) is -5.36. The van der Waals surface area contributed by atoms with E-state index in [0.717, 1.165) is 18.2 Å². The number of benzene rings is 1. The molecular weight excluding hydrogens is 355 g/mol. The van der Waals surface area contributed by atoms with Gasteiger partial charge in [-0.15, -0.1) is 0 Å². The summed E-state index contributed by atoms with van der Waals surface area (Å²) in [5.74, 6) is -0.605. The molecule has 106 valence electrons. The molecular formula is C11H8BrF5OS. The van der Waals surface area contributed by atoms with Crippen LogP contribution in [0.25, 0.3) is 0 Å². The van der Waals surface area contributed by atoms with Crippen LogP contribution < -0.4 is 0 Å². The van der Waals surface area contributed by atoms with Crippen molar-refractivity contribution in [1.82, 2.24) is 0 Å². The summed E-state index contributed by atoms with van der Waals surface area (Å²) in [4.78, 5) is 11.3. The van der Waals surface area contributed by atoms with Crippen LogP contribution in [0.2, 0.25) is 0 Å². The lowest BCUT2D eigenvalue weighted by Crippen LogP contribution is -2.07. The number of hydrogen-bond acceptors (Lipinski definition) is 2. The van der Waals surface area contributed by atoms with Gasteiger partial charge in [0.2, 0.25) is 0 Å². The van der Waals surface area contributed by atoms with E-state index < -0.39 is 35.0 Å². The van der Waals surface area contributed by atoms with Gasteiger partial charge < -0.3 is 0 Å².